The van der Waals surface area contributed by atoms with Gasteiger partial charge in [0.05, 0.1) is 30.6 Å². The van der Waals surface area contributed by atoms with Crippen molar-refractivity contribution in [3.8, 4) is 0 Å². The molecule has 0 radical (unpaired) electrons. The van der Waals surface area contributed by atoms with E-state index in [9.17, 15) is 23.4 Å². The van der Waals surface area contributed by atoms with Crippen molar-refractivity contribution in [1.29, 1.82) is 0 Å². The predicted octanol–water partition coefficient (Wildman–Crippen LogP) is 1.74. The number of nitrogens with two attached hydrogens (primary N) is 1. The topological polar surface area (TPSA) is 139 Å². The van der Waals surface area contributed by atoms with E-state index in [-0.39, 0.29) is 18.0 Å². The standard InChI is InChI=1S/C12H19N3O3.C5H4F3N3.C2H6/c1-8(12-13-4-2-5-14-12)15-7-10-11(17)9(16)3-6-18-10;6-5(7,8)3-1-10-2-4(9)11-3;1-2/h2,4-5,8-11,15-17H,3,6-7H2,1H3;1-2H,(H2,9,11);1-2H3. The quantitative estimate of drug-likeness (QED) is 0.553. The van der Waals surface area contributed by atoms with Gasteiger partial charge in [-0.25, -0.2) is 15.0 Å². The number of ether oxygens (including phenoxy) is 1. The summed E-state index contributed by atoms with van der Waals surface area (Å²) in [7, 11) is 0. The summed E-state index contributed by atoms with van der Waals surface area (Å²) in [6.07, 6.45) is -0.862. The highest BCUT2D eigenvalue weighted by atomic mass is 19.4. The van der Waals surface area contributed by atoms with Gasteiger partial charge < -0.3 is 26.0 Å². The third-order valence-electron chi connectivity index (χ3n) is 4.06. The molecular weight excluding hydrogens is 417 g/mol. The molecule has 2 aromatic heterocycles. The summed E-state index contributed by atoms with van der Waals surface area (Å²) in [4.78, 5) is 14.6. The maximum atomic E-state index is 11.8. The van der Waals surface area contributed by atoms with Crippen LogP contribution in [-0.4, -0.2) is 61.6 Å². The van der Waals surface area contributed by atoms with Crippen LogP contribution in [0, 0.1) is 0 Å². The van der Waals surface area contributed by atoms with Crippen LogP contribution in [0.25, 0.3) is 0 Å². The first-order valence-corrected chi connectivity index (χ1v) is 9.81. The average Bonchev–Trinajstić information content (AvgIpc) is 2.76. The number of hydrogen-bond acceptors (Lipinski definition) is 9. The van der Waals surface area contributed by atoms with Crippen LogP contribution in [0.4, 0.5) is 19.0 Å². The molecular formula is C19H29F3N6O3. The minimum absolute atomic E-state index is 0.0268. The maximum Gasteiger partial charge on any atom is 0.434 e. The van der Waals surface area contributed by atoms with Crippen molar-refractivity contribution in [2.75, 3.05) is 18.9 Å². The van der Waals surface area contributed by atoms with E-state index in [1.54, 1.807) is 18.5 Å². The van der Waals surface area contributed by atoms with E-state index in [0.717, 1.165) is 6.20 Å². The molecule has 4 atom stereocenters. The number of nitrogens with zero attached hydrogens (tertiary/aromatic N) is 4. The third-order valence-corrected chi connectivity index (χ3v) is 4.06. The van der Waals surface area contributed by atoms with Crippen LogP contribution in [0.2, 0.25) is 0 Å². The van der Waals surface area contributed by atoms with E-state index in [2.05, 4.69) is 25.3 Å². The fraction of sp³-hybridized carbons (Fsp3) is 0.579. The van der Waals surface area contributed by atoms with Gasteiger partial charge in [0.2, 0.25) is 0 Å². The zero-order valence-electron chi connectivity index (χ0n) is 17.6. The first kappa shape index (κ1) is 26.6. The van der Waals surface area contributed by atoms with E-state index < -0.39 is 24.1 Å². The zero-order chi connectivity index (χ0) is 23.4. The van der Waals surface area contributed by atoms with Crippen molar-refractivity contribution in [3.63, 3.8) is 0 Å². The van der Waals surface area contributed by atoms with Crippen LogP contribution < -0.4 is 11.1 Å². The molecule has 1 aliphatic rings. The lowest BCUT2D eigenvalue weighted by molar-refractivity contribution is -0.141. The van der Waals surface area contributed by atoms with E-state index in [0.29, 0.717) is 31.6 Å². The van der Waals surface area contributed by atoms with Gasteiger partial charge in [-0.15, -0.1) is 0 Å². The van der Waals surface area contributed by atoms with Crippen LogP contribution in [0.1, 0.15) is 44.8 Å². The Morgan fingerprint density at radius 1 is 1.23 bits per heavy atom. The number of aliphatic hydroxyl groups excluding tert-OH is 2. The minimum Gasteiger partial charge on any atom is -0.390 e. The summed E-state index contributed by atoms with van der Waals surface area (Å²) < 4.78 is 40.9. The molecule has 0 spiro atoms. The highest BCUT2D eigenvalue weighted by molar-refractivity contribution is 5.24. The number of alkyl halides is 3. The smallest absolute Gasteiger partial charge is 0.390 e. The van der Waals surface area contributed by atoms with E-state index in [1.165, 1.54) is 0 Å². The lowest BCUT2D eigenvalue weighted by atomic mass is 10.0. The molecule has 3 rings (SSSR count). The summed E-state index contributed by atoms with van der Waals surface area (Å²) >= 11 is 0. The predicted molar refractivity (Wildman–Crippen MR) is 108 cm³/mol. The Morgan fingerprint density at radius 2 is 1.87 bits per heavy atom. The zero-order valence-corrected chi connectivity index (χ0v) is 17.6. The Balaban J connectivity index is 0.000000317. The highest BCUT2D eigenvalue weighted by Gasteiger charge is 2.33. The second-order valence-corrected chi connectivity index (χ2v) is 6.32. The number of hydrogen-bond donors (Lipinski definition) is 4. The van der Waals surface area contributed by atoms with Crippen LogP contribution in [0.15, 0.2) is 30.9 Å². The molecule has 12 heteroatoms. The van der Waals surface area contributed by atoms with Gasteiger partial charge in [-0.05, 0) is 19.4 Å². The van der Waals surface area contributed by atoms with Crippen molar-refractivity contribution in [2.45, 2.75) is 57.7 Å². The molecule has 0 bridgehead atoms. The number of nitrogens with one attached hydrogen (secondary N) is 1. The maximum absolute atomic E-state index is 11.8. The molecule has 0 amide bonds. The summed E-state index contributed by atoms with van der Waals surface area (Å²) in [5.41, 5.74) is 3.91. The first-order chi connectivity index (χ1) is 14.7. The van der Waals surface area contributed by atoms with Gasteiger partial charge in [0.15, 0.2) is 5.69 Å². The van der Waals surface area contributed by atoms with Gasteiger partial charge in [0.1, 0.15) is 17.7 Å². The number of aromatic nitrogens is 4. The summed E-state index contributed by atoms with van der Waals surface area (Å²) in [5.74, 6) is 0.461. The molecule has 9 nitrogen and oxygen atoms in total. The van der Waals surface area contributed by atoms with Crippen LogP contribution in [0.3, 0.4) is 0 Å². The molecule has 1 aliphatic heterocycles. The van der Waals surface area contributed by atoms with E-state index >= 15 is 0 Å². The monoisotopic (exact) mass is 446 g/mol. The van der Waals surface area contributed by atoms with Crippen molar-refractivity contribution in [2.24, 2.45) is 0 Å². The number of anilines is 1. The first-order valence-electron chi connectivity index (χ1n) is 9.81. The summed E-state index contributed by atoms with van der Waals surface area (Å²) in [5, 5.41) is 22.5. The number of halogens is 3. The van der Waals surface area contributed by atoms with Crippen molar-refractivity contribution in [3.05, 3.63) is 42.4 Å². The Labute approximate surface area is 178 Å². The summed E-state index contributed by atoms with van der Waals surface area (Å²) in [6, 6.07) is 1.74. The minimum atomic E-state index is -4.47. The van der Waals surface area contributed by atoms with Gasteiger partial charge in [0, 0.05) is 25.5 Å². The lowest BCUT2D eigenvalue weighted by Crippen LogP contribution is -2.49. The number of rotatable bonds is 4. The molecule has 1 fully saturated rings. The number of nitrogen functional groups attached to an aromatic ring is 1. The second kappa shape index (κ2) is 13.1. The molecule has 5 N–H and O–H groups in total. The third kappa shape index (κ3) is 9.09. The molecule has 3 heterocycles. The molecule has 1 saturated heterocycles. The Bertz CT molecular complexity index is 754. The molecule has 31 heavy (non-hydrogen) atoms. The van der Waals surface area contributed by atoms with Crippen LogP contribution >= 0.6 is 0 Å². The van der Waals surface area contributed by atoms with Crippen molar-refractivity contribution >= 4 is 5.82 Å². The van der Waals surface area contributed by atoms with E-state index in [4.69, 9.17) is 10.5 Å². The Hall–Kier alpha value is -2.41. The average molecular weight is 446 g/mol. The van der Waals surface area contributed by atoms with Gasteiger partial charge in [-0.2, -0.15) is 13.2 Å². The molecule has 174 valence electrons. The largest absolute Gasteiger partial charge is 0.434 e. The molecule has 4 unspecified atom stereocenters. The van der Waals surface area contributed by atoms with Crippen molar-refractivity contribution < 1.29 is 28.1 Å². The fourth-order valence-corrected chi connectivity index (χ4v) is 2.47. The number of aliphatic hydroxyl groups is 2. The van der Waals surface area contributed by atoms with Crippen LogP contribution in [0.5, 0.6) is 0 Å². The van der Waals surface area contributed by atoms with Gasteiger partial charge in [-0.3, -0.25) is 4.98 Å². The summed E-state index contributed by atoms with van der Waals surface area (Å²) in [6.45, 7) is 6.87. The van der Waals surface area contributed by atoms with Gasteiger partial charge in [0.25, 0.3) is 0 Å². The fourth-order valence-electron chi connectivity index (χ4n) is 2.47. The molecule has 0 aromatic carbocycles. The molecule has 2 aromatic rings. The molecule has 0 aliphatic carbocycles. The Morgan fingerprint density at radius 3 is 2.42 bits per heavy atom. The van der Waals surface area contributed by atoms with Crippen molar-refractivity contribution in [1.82, 2.24) is 25.3 Å². The van der Waals surface area contributed by atoms with Crippen LogP contribution in [-0.2, 0) is 10.9 Å². The lowest BCUT2D eigenvalue weighted by Gasteiger charge is -2.32. The van der Waals surface area contributed by atoms with Gasteiger partial charge in [-0.1, -0.05) is 13.8 Å². The molecule has 0 saturated carbocycles. The highest BCUT2D eigenvalue weighted by Crippen LogP contribution is 2.26. The SMILES string of the molecule is CC.CC(NCC1OCCC(O)C1O)c1ncccn1.Nc1cncc(C(F)(F)F)n1. The van der Waals surface area contributed by atoms with E-state index in [1.807, 2.05) is 20.8 Å². The normalized spacial score (nSPS) is 21.7. The Kier molecular flexibility index (Phi) is 11.3. The van der Waals surface area contributed by atoms with Gasteiger partial charge >= 0.3 is 6.18 Å². The second-order valence-electron chi connectivity index (χ2n) is 6.32.